The van der Waals surface area contributed by atoms with Gasteiger partial charge in [0.15, 0.2) is 15.4 Å². The van der Waals surface area contributed by atoms with Crippen LogP contribution in [-0.2, 0) is 13.1 Å². The van der Waals surface area contributed by atoms with Crippen LogP contribution in [0.25, 0.3) is 10.3 Å². The Morgan fingerprint density at radius 2 is 1.82 bits per heavy atom. The molecule has 0 spiro atoms. The van der Waals surface area contributed by atoms with Gasteiger partial charge in [0.2, 0.25) is 0 Å². The Labute approximate surface area is 163 Å². The number of nitrogens with one attached hydrogen (secondary N) is 1. The van der Waals surface area contributed by atoms with Gasteiger partial charge in [0.1, 0.15) is 5.82 Å². The highest BCUT2D eigenvalue weighted by atomic mass is 32.1. The fraction of sp³-hybridized carbons (Fsp3) is 0.100. The van der Waals surface area contributed by atoms with Gasteiger partial charge in [0.25, 0.3) is 11.5 Å². The lowest BCUT2D eigenvalue weighted by atomic mass is 10.2. The van der Waals surface area contributed by atoms with E-state index in [-0.39, 0.29) is 34.4 Å². The fourth-order valence-electron chi connectivity index (χ4n) is 2.70. The fourth-order valence-corrected chi connectivity index (χ4v) is 3.51. The van der Waals surface area contributed by atoms with Crippen molar-refractivity contribution < 1.29 is 9.18 Å². The number of aromatic nitrogens is 3. The zero-order valence-corrected chi connectivity index (χ0v) is 15.4. The maximum atomic E-state index is 13.0. The summed E-state index contributed by atoms with van der Waals surface area (Å²) in [4.78, 5) is 33.9. The molecule has 1 amide bonds. The van der Waals surface area contributed by atoms with E-state index in [0.717, 1.165) is 22.5 Å². The van der Waals surface area contributed by atoms with E-state index in [0.29, 0.717) is 11.4 Å². The molecule has 0 saturated heterocycles. The van der Waals surface area contributed by atoms with E-state index < -0.39 is 0 Å². The van der Waals surface area contributed by atoms with E-state index in [1.807, 2.05) is 30.3 Å². The van der Waals surface area contributed by atoms with Gasteiger partial charge in [-0.2, -0.15) is 0 Å². The minimum Gasteiger partial charge on any atom is -0.346 e. The molecular weight excluding hydrogens is 379 g/mol. The van der Waals surface area contributed by atoms with E-state index in [9.17, 15) is 14.0 Å². The standard InChI is InChI=1S/C20H15FN4O2S/c21-15-8-6-14(7-9-15)11-25-12-23-18-16(20(25)27)24-19(28-18)17(26)22-10-13-4-2-1-3-5-13/h1-9,12H,10-11H2,(H,22,26). The molecule has 0 atom stereocenters. The van der Waals surface area contributed by atoms with Crippen LogP contribution in [-0.4, -0.2) is 20.4 Å². The van der Waals surface area contributed by atoms with Crippen LogP contribution in [0.15, 0.2) is 65.7 Å². The van der Waals surface area contributed by atoms with Gasteiger partial charge in [0.05, 0.1) is 12.9 Å². The smallest absolute Gasteiger partial charge is 0.281 e. The van der Waals surface area contributed by atoms with Crippen LogP contribution in [0.4, 0.5) is 4.39 Å². The van der Waals surface area contributed by atoms with Crippen molar-refractivity contribution in [1.82, 2.24) is 19.9 Å². The van der Waals surface area contributed by atoms with Gasteiger partial charge in [-0.05, 0) is 23.3 Å². The van der Waals surface area contributed by atoms with Gasteiger partial charge < -0.3 is 5.32 Å². The third-order valence-electron chi connectivity index (χ3n) is 4.14. The summed E-state index contributed by atoms with van der Waals surface area (Å²) < 4.78 is 14.4. The highest BCUT2D eigenvalue weighted by Gasteiger charge is 2.16. The molecule has 0 unspecified atom stereocenters. The first-order valence-electron chi connectivity index (χ1n) is 8.53. The summed E-state index contributed by atoms with van der Waals surface area (Å²) in [6.07, 6.45) is 1.41. The van der Waals surface area contributed by atoms with Crippen LogP contribution < -0.4 is 10.9 Å². The summed E-state index contributed by atoms with van der Waals surface area (Å²) in [7, 11) is 0. The number of hydrogen-bond acceptors (Lipinski definition) is 5. The molecule has 0 aliphatic heterocycles. The maximum Gasteiger partial charge on any atom is 0.281 e. The normalized spacial score (nSPS) is 10.9. The summed E-state index contributed by atoms with van der Waals surface area (Å²) in [5.74, 6) is -0.688. The number of halogens is 1. The van der Waals surface area contributed by atoms with Gasteiger partial charge in [0, 0.05) is 6.54 Å². The average molecular weight is 394 g/mol. The largest absolute Gasteiger partial charge is 0.346 e. The molecule has 2 heterocycles. The molecule has 8 heteroatoms. The van der Waals surface area contributed by atoms with E-state index in [2.05, 4.69) is 15.3 Å². The van der Waals surface area contributed by atoms with Crippen LogP contribution in [0.1, 0.15) is 20.9 Å². The highest BCUT2D eigenvalue weighted by molar-refractivity contribution is 7.19. The summed E-state index contributed by atoms with van der Waals surface area (Å²) in [5, 5.41) is 2.98. The van der Waals surface area contributed by atoms with Gasteiger partial charge in [-0.15, -0.1) is 0 Å². The molecule has 4 aromatic rings. The molecule has 28 heavy (non-hydrogen) atoms. The first-order chi connectivity index (χ1) is 13.6. The maximum absolute atomic E-state index is 13.0. The Morgan fingerprint density at radius 1 is 1.07 bits per heavy atom. The summed E-state index contributed by atoms with van der Waals surface area (Å²) in [5.41, 5.74) is 1.55. The Kier molecular flexibility index (Phi) is 4.94. The van der Waals surface area contributed by atoms with Gasteiger partial charge >= 0.3 is 0 Å². The van der Waals surface area contributed by atoms with Crippen molar-refractivity contribution in [3.05, 3.63) is 93.2 Å². The van der Waals surface area contributed by atoms with Crippen molar-refractivity contribution in [3.63, 3.8) is 0 Å². The van der Waals surface area contributed by atoms with Crippen molar-refractivity contribution in [3.8, 4) is 0 Å². The van der Waals surface area contributed by atoms with E-state index in [4.69, 9.17) is 0 Å². The molecule has 0 aliphatic rings. The molecule has 0 fully saturated rings. The topological polar surface area (TPSA) is 76.9 Å². The van der Waals surface area contributed by atoms with Crippen molar-refractivity contribution in [2.24, 2.45) is 0 Å². The number of carbonyl (C=O) groups is 1. The zero-order valence-electron chi connectivity index (χ0n) is 14.6. The molecule has 2 aromatic heterocycles. The third-order valence-corrected chi connectivity index (χ3v) is 5.11. The zero-order chi connectivity index (χ0) is 19.5. The molecular formula is C20H15FN4O2S. The van der Waals surface area contributed by atoms with Crippen LogP contribution in [0.2, 0.25) is 0 Å². The minimum absolute atomic E-state index is 0.152. The molecule has 2 aromatic carbocycles. The Morgan fingerprint density at radius 3 is 2.57 bits per heavy atom. The second kappa shape index (κ2) is 7.69. The number of carbonyl (C=O) groups excluding carboxylic acids is 1. The molecule has 140 valence electrons. The number of benzene rings is 2. The van der Waals surface area contributed by atoms with Gasteiger partial charge in [-0.1, -0.05) is 53.8 Å². The van der Waals surface area contributed by atoms with Crippen LogP contribution in [0.3, 0.4) is 0 Å². The van der Waals surface area contributed by atoms with Gasteiger partial charge in [-0.3, -0.25) is 14.2 Å². The molecule has 0 aliphatic carbocycles. The molecule has 0 saturated carbocycles. The predicted octanol–water partition coefficient (Wildman–Crippen LogP) is 2.97. The van der Waals surface area contributed by atoms with E-state index in [1.165, 1.54) is 23.0 Å². The molecule has 1 N–H and O–H groups in total. The molecule has 0 radical (unpaired) electrons. The minimum atomic E-state index is -0.351. The highest BCUT2D eigenvalue weighted by Crippen LogP contribution is 2.17. The monoisotopic (exact) mass is 394 g/mol. The summed E-state index contributed by atoms with van der Waals surface area (Å²) in [6.45, 7) is 0.618. The van der Waals surface area contributed by atoms with Gasteiger partial charge in [-0.25, -0.2) is 14.4 Å². The van der Waals surface area contributed by atoms with Crippen molar-refractivity contribution >= 4 is 27.6 Å². The number of rotatable bonds is 5. The first kappa shape index (κ1) is 18.0. The second-order valence-corrected chi connectivity index (χ2v) is 7.12. The SMILES string of the molecule is O=C(NCc1ccccc1)c1nc2c(=O)n(Cc3ccc(F)cc3)cnc2s1. The number of thiazole rings is 1. The number of amides is 1. The summed E-state index contributed by atoms with van der Waals surface area (Å²) in [6, 6.07) is 15.4. The molecule has 0 bridgehead atoms. The molecule has 4 rings (SSSR count). The second-order valence-electron chi connectivity index (χ2n) is 6.15. The quantitative estimate of drug-likeness (QED) is 0.565. The third kappa shape index (κ3) is 3.81. The van der Waals surface area contributed by atoms with Crippen molar-refractivity contribution in [2.45, 2.75) is 13.1 Å². The molecule has 6 nitrogen and oxygen atoms in total. The number of nitrogens with zero attached hydrogens (tertiary/aromatic N) is 3. The lowest BCUT2D eigenvalue weighted by molar-refractivity contribution is 0.0950. The average Bonchev–Trinajstić information content (AvgIpc) is 3.16. The van der Waals surface area contributed by atoms with Crippen molar-refractivity contribution in [2.75, 3.05) is 0 Å². The van der Waals surface area contributed by atoms with E-state index in [1.54, 1.807) is 12.1 Å². The van der Waals surface area contributed by atoms with Crippen LogP contribution >= 0.6 is 11.3 Å². The Bertz CT molecular complexity index is 1190. The van der Waals surface area contributed by atoms with Crippen LogP contribution in [0, 0.1) is 5.82 Å². The first-order valence-corrected chi connectivity index (χ1v) is 9.34. The predicted molar refractivity (Wildman–Crippen MR) is 105 cm³/mol. The lowest BCUT2D eigenvalue weighted by Crippen LogP contribution is -2.23. The Hall–Kier alpha value is -3.39. The van der Waals surface area contributed by atoms with E-state index >= 15 is 0 Å². The number of fused-ring (bicyclic) bond motifs is 1. The lowest BCUT2D eigenvalue weighted by Gasteiger charge is -2.04. The summed E-state index contributed by atoms with van der Waals surface area (Å²) >= 11 is 1.07. The van der Waals surface area contributed by atoms with Crippen LogP contribution in [0.5, 0.6) is 0 Å². The van der Waals surface area contributed by atoms with Crippen molar-refractivity contribution in [1.29, 1.82) is 0 Å². The number of hydrogen-bond donors (Lipinski definition) is 1. The Balaban J connectivity index is 1.55.